The Morgan fingerprint density at radius 1 is 0.850 bits per heavy atom. The fraction of sp³-hybridized carbons (Fsp3) is 0.250. The van der Waals surface area contributed by atoms with Gasteiger partial charge in [0, 0.05) is 0 Å². The summed E-state index contributed by atoms with van der Waals surface area (Å²) in [4.78, 5) is 26.2. The van der Waals surface area contributed by atoms with Crippen molar-refractivity contribution in [1.29, 1.82) is 0 Å². The van der Waals surface area contributed by atoms with Crippen molar-refractivity contribution < 1.29 is 14.0 Å². The van der Waals surface area contributed by atoms with E-state index in [9.17, 15) is 9.59 Å². The van der Waals surface area contributed by atoms with Crippen LogP contribution in [0.25, 0.3) is 0 Å². The molecule has 0 fully saturated rings. The molecular weight excluding hydrogens is 254 g/mol. The van der Waals surface area contributed by atoms with Gasteiger partial charge in [0.2, 0.25) is 0 Å². The number of hydrogen-bond acceptors (Lipinski definition) is 3. The summed E-state index contributed by atoms with van der Waals surface area (Å²) in [6, 6.07) is 5.57. The van der Waals surface area contributed by atoms with Crippen LogP contribution in [0.1, 0.15) is 43.4 Å². The Bertz CT molecular complexity index is 719. The first-order valence-corrected chi connectivity index (χ1v) is 6.48. The molecule has 1 aromatic heterocycles. The second-order valence-corrected chi connectivity index (χ2v) is 5.18. The Labute approximate surface area is 117 Å². The number of anilines is 1. The van der Waals surface area contributed by atoms with E-state index >= 15 is 0 Å². The summed E-state index contributed by atoms with van der Waals surface area (Å²) in [5.74, 6) is 0.398. The normalized spacial score (nSPS) is 14.1. The lowest BCUT2D eigenvalue weighted by Gasteiger charge is -2.16. The molecule has 4 nitrogen and oxygen atoms in total. The van der Waals surface area contributed by atoms with E-state index in [0.717, 1.165) is 11.1 Å². The van der Waals surface area contributed by atoms with Gasteiger partial charge in [-0.2, -0.15) is 0 Å². The van der Waals surface area contributed by atoms with Gasteiger partial charge < -0.3 is 4.42 Å². The molecule has 1 aromatic carbocycles. The average Bonchev–Trinajstić information content (AvgIpc) is 2.82. The van der Waals surface area contributed by atoms with Gasteiger partial charge in [-0.25, -0.2) is 4.90 Å². The van der Waals surface area contributed by atoms with Gasteiger partial charge in [-0.15, -0.1) is 0 Å². The number of hydrogen-bond donors (Lipinski definition) is 0. The summed E-state index contributed by atoms with van der Waals surface area (Å²) in [5.41, 5.74) is 3.57. The lowest BCUT2D eigenvalue weighted by Crippen LogP contribution is -2.30. The molecule has 1 aliphatic rings. The van der Waals surface area contributed by atoms with Crippen molar-refractivity contribution in [2.24, 2.45) is 0 Å². The van der Waals surface area contributed by atoms with Gasteiger partial charge in [0.25, 0.3) is 11.8 Å². The van der Waals surface area contributed by atoms with E-state index in [-0.39, 0.29) is 11.8 Å². The van der Waals surface area contributed by atoms with Crippen LogP contribution >= 0.6 is 0 Å². The van der Waals surface area contributed by atoms with Gasteiger partial charge in [-0.3, -0.25) is 9.59 Å². The molecule has 0 aliphatic carbocycles. The van der Waals surface area contributed by atoms with Crippen LogP contribution < -0.4 is 4.90 Å². The van der Waals surface area contributed by atoms with E-state index in [0.29, 0.717) is 28.3 Å². The molecule has 0 atom stereocenters. The third-order valence-electron chi connectivity index (χ3n) is 3.84. The second kappa shape index (κ2) is 4.07. The fourth-order valence-electron chi connectivity index (χ4n) is 2.61. The van der Waals surface area contributed by atoms with E-state index in [2.05, 4.69) is 0 Å². The van der Waals surface area contributed by atoms with Crippen molar-refractivity contribution in [2.45, 2.75) is 27.7 Å². The summed E-state index contributed by atoms with van der Waals surface area (Å²) in [5, 5.41) is 0. The first-order chi connectivity index (χ1) is 9.41. The maximum absolute atomic E-state index is 12.5. The van der Waals surface area contributed by atoms with Gasteiger partial charge in [0.05, 0.1) is 16.8 Å². The molecule has 2 amide bonds. The molecule has 2 heterocycles. The first-order valence-electron chi connectivity index (χ1n) is 6.48. The monoisotopic (exact) mass is 269 g/mol. The van der Waals surface area contributed by atoms with Crippen LogP contribution in [0.4, 0.5) is 5.69 Å². The lowest BCUT2D eigenvalue weighted by molar-refractivity contribution is 0.0923. The molecule has 0 spiro atoms. The van der Waals surface area contributed by atoms with Gasteiger partial charge in [0.1, 0.15) is 11.5 Å². The molecule has 0 radical (unpaired) electrons. The third-order valence-corrected chi connectivity index (χ3v) is 3.84. The van der Waals surface area contributed by atoms with Gasteiger partial charge >= 0.3 is 0 Å². The van der Waals surface area contributed by atoms with Crippen molar-refractivity contribution in [2.75, 3.05) is 4.90 Å². The third kappa shape index (κ3) is 1.54. The number of aryl methyl sites for hydroxylation is 4. The molecule has 0 saturated carbocycles. The van der Waals surface area contributed by atoms with Crippen molar-refractivity contribution in [3.63, 3.8) is 0 Å². The van der Waals surface area contributed by atoms with Crippen LogP contribution in [0.2, 0.25) is 0 Å². The van der Waals surface area contributed by atoms with Gasteiger partial charge in [-0.05, 0) is 51.0 Å². The summed E-state index contributed by atoms with van der Waals surface area (Å²) >= 11 is 0. The number of nitrogens with zero attached hydrogens (tertiary/aromatic N) is 1. The van der Waals surface area contributed by atoms with Crippen LogP contribution in [-0.2, 0) is 0 Å². The Kier molecular flexibility index (Phi) is 2.57. The molecule has 2 aromatic rings. The summed E-state index contributed by atoms with van der Waals surface area (Å²) < 4.78 is 5.39. The Morgan fingerprint density at radius 3 is 1.90 bits per heavy atom. The van der Waals surface area contributed by atoms with Crippen molar-refractivity contribution in [1.82, 2.24) is 0 Å². The number of fused-ring (bicyclic) bond motifs is 1. The van der Waals surface area contributed by atoms with Crippen LogP contribution in [0.15, 0.2) is 22.6 Å². The smallest absolute Gasteiger partial charge is 0.269 e. The van der Waals surface area contributed by atoms with Crippen LogP contribution in [0.5, 0.6) is 0 Å². The van der Waals surface area contributed by atoms with E-state index in [1.165, 1.54) is 4.90 Å². The van der Waals surface area contributed by atoms with Crippen LogP contribution in [0.3, 0.4) is 0 Å². The number of carbonyl (C=O) groups is 2. The maximum Gasteiger partial charge on any atom is 0.269 e. The number of carbonyl (C=O) groups excluding carboxylic acids is 2. The molecule has 20 heavy (non-hydrogen) atoms. The molecule has 0 saturated heterocycles. The Hall–Kier alpha value is -2.36. The number of benzene rings is 1. The largest absolute Gasteiger partial charge is 0.465 e. The second-order valence-electron chi connectivity index (χ2n) is 5.18. The van der Waals surface area contributed by atoms with Gasteiger partial charge in [0.15, 0.2) is 0 Å². The molecule has 4 heteroatoms. The molecule has 3 rings (SSSR count). The predicted octanol–water partition coefficient (Wildman–Crippen LogP) is 3.31. The summed E-state index contributed by atoms with van der Waals surface area (Å²) in [6.07, 6.45) is 0. The maximum atomic E-state index is 12.5. The molecule has 0 bridgehead atoms. The number of rotatable bonds is 1. The molecule has 1 aliphatic heterocycles. The molecular formula is C16H15NO3. The molecule has 102 valence electrons. The van der Waals surface area contributed by atoms with E-state index in [4.69, 9.17) is 4.42 Å². The highest BCUT2D eigenvalue weighted by Crippen LogP contribution is 2.34. The predicted molar refractivity (Wildman–Crippen MR) is 75.2 cm³/mol. The SMILES string of the molecule is Cc1ccc(N2C(=O)c3c(C)oc(C)c3C2=O)cc1C. The number of furan rings is 1. The molecule has 0 unspecified atom stereocenters. The number of amides is 2. The van der Waals surface area contributed by atoms with Crippen LogP contribution in [-0.4, -0.2) is 11.8 Å². The number of imide groups is 1. The zero-order chi connectivity index (χ0) is 14.6. The Morgan fingerprint density at radius 2 is 1.40 bits per heavy atom. The minimum atomic E-state index is -0.303. The fourth-order valence-corrected chi connectivity index (χ4v) is 2.61. The van der Waals surface area contributed by atoms with E-state index in [1.54, 1.807) is 19.9 Å². The highest BCUT2D eigenvalue weighted by atomic mass is 16.3. The zero-order valence-electron chi connectivity index (χ0n) is 11.9. The van der Waals surface area contributed by atoms with Crippen LogP contribution in [0, 0.1) is 27.7 Å². The van der Waals surface area contributed by atoms with E-state index in [1.807, 2.05) is 26.0 Å². The summed E-state index contributed by atoms with van der Waals surface area (Å²) in [6.45, 7) is 7.37. The Balaban J connectivity index is 2.14. The minimum absolute atomic E-state index is 0.303. The lowest BCUT2D eigenvalue weighted by atomic mass is 10.1. The quantitative estimate of drug-likeness (QED) is 0.746. The van der Waals surface area contributed by atoms with E-state index < -0.39 is 0 Å². The van der Waals surface area contributed by atoms with Crippen molar-refractivity contribution in [3.05, 3.63) is 52.0 Å². The first kappa shape index (κ1) is 12.7. The minimum Gasteiger partial charge on any atom is -0.465 e. The molecule has 0 N–H and O–H groups in total. The van der Waals surface area contributed by atoms with Crippen molar-refractivity contribution in [3.8, 4) is 0 Å². The standard InChI is InChI=1S/C16H15NO3/c1-8-5-6-12(7-9(8)2)17-15(18)13-10(3)20-11(4)14(13)16(17)19/h5-7H,1-4H3. The zero-order valence-corrected chi connectivity index (χ0v) is 11.9. The van der Waals surface area contributed by atoms with Gasteiger partial charge in [-0.1, -0.05) is 6.07 Å². The average molecular weight is 269 g/mol. The van der Waals surface area contributed by atoms with Crippen molar-refractivity contribution >= 4 is 17.5 Å². The highest BCUT2D eigenvalue weighted by Gasteiger charge is 2.41. The highest BCUT2D eigenvalue weighted by molar-refractivity contribution is 6.35. The summed E-state index contributed by atoms with van der Waals surface area (Å²) in [7, 11) is 0. The topological polar surface area (TPSA) is 50.5 Å².